The molecule has 12 heavy (non-hydrogen) atoms. The topological polar surface area (TPSA) is 9.23 Å². The zero-order valence-electron chi connectivity index (χ0n) is 5.94. The maximum Gasteiger partial charge on any atom is 0.573 e. The summed E-state index contributed by atoms with van der Waals surface area (Å²) in [4.78, 5) is 0. The molecule has 0 saturated carbocycles. The summed E-state index contributed by atoms with van der Waals surface area (Å²) in [5, 5.41) is 0. The number of hydrogen-bond donors (Lipinski definition) is 0. The monoisotopic (exact) mass is 290 g/mol. The van der Waals surface area contributed by atoms with Gasteiger partial charge in [0.05, 0.1) is 0 Å². The van der Waals surface area contributed by atoms with Gasteiger partial charge >= 0.3 is 6.36 Å². The standard InChI is InChI=1S/C7H6F3IO/c8-7(9,10)12-6-3-1-5(11)2-4-6/h1,3-5H,2H2. The van der Waals surface area contributed by atoms with Crippen LogP contribution in [0.3, 0.4) is 0 Å². The van der Waals surface area contributed by atoms with Crippen molar-refractivity contribution in [2.75, 3.05) is 0 Å². The van der Waals surface area contributed by atoms with Gasteiger partial charge in [0, 0.05) is 3.92 Å². The Morgan fingerprint density at radius 1 is 1.50 bits per heavy atom. The molecule has 0 heterocycles. The smallest absolute Gasteiger partial charge is 0.406 e. The largest absolute Gasteiger partial charge is 0.573 e. The summed E-state index contributed by atoms with van der Waals surface area (Å²) in [6.07, 6.45) is 0.469. The van der Waals surface area contributed by atoms with E-state index >= 15 is 0 Å². The fraction of sp³-hybridized carbons (Fsp3) is 0.429. The predicted octanol–water partition coefficient (Wildman–Crippen LogP) is 3.17. The highest BCUT2D eigenvalue weighted by Crippen LogP contribution is 2.25. The van der Waals surface area contributed by atoms with Gasteiger partial charge in [0.25, 0.3) is 0 Å². The average molecular weight is 290 g/mol. The van der Waals surface area contributed by atoms with E-state index in [0.29, 0.717) is 6.42 Å². The number of ether oxygens (including phenoxy) is 1. The zero-order valence-corrected chi connectivity index (χ0v) is 8.09. The Hall–Kier alpha value is -0.200. The number of rotatable bonds is 1. The first kappa shape index (κ1) is 9.88. The second-order valence-corrected chi connectivity index (χ2v) is 3.87. The van der Waals surface area contributed by atoms with Crippen molar-refractivity contribution < 1.29 is 17.9 Å². The van der Waals surface area contributed by atoms with Crippen molar-refractivity contribution in [2.24, 2.45) is 0 Å². The van der Waals surface area contributed by atoms with E-state index < -0.39 is 6.36 Å². The minimum absolute atomic E-state index is 0.115. The molecule has 0 fully saturated rings. The van der Waals surface area contributed by atoms with E-state index in [4.69, 9.17) is 0 Å². The Kier molecular flexibility index (Phi) is 3.03. The van der Waals surface area contributed by atoms with E-state index in [2.05, 4.69) is 27.3 Å². The molecule has 0 spiro atoms. The highest BCUT2D eigenvalue weighted by atomic mass is 127. The lowest BCUT2D eigenvalue weighted by molar-refractivity contribution is -0.303. The van der Waals surface area contributed by atoms with E-state index in [1.807, 2.05) is 0 Å². The van der Waals surface area contributed by atoms with Gasteiger partial charge in [0.1, 0.15) is 5.76 Å². The molecule has 0 aromatic carbocycles. The molecule has 1 atom stereocenters. The SMILES string of the molecule is FC(F)(F)OC1=CCC(I)C=C1. The van der Waals surface area contributed by atoms with Gasteiger partial charge < -0.3 is 4.74 Å². The highest BCUT2D eigenvalue weighted by Gasteiger charge is 2.31. The van der Waals surface area contributed by atoms with Gasteiger partial charge in [-0.2, -0.15) is 0 Å². The second-order valence-electron chi connectivity index (χ2n) is 2.27. The molecule has 0 aliphatic heterocycles. The summed E-state index contributed by atoms with van der Waals surface area (Å²) < 4.78 is 38.9. The van der Waals surface area contributed by atoms with E-state index in [9.17, 15) is 13.2 Å². The van der Waals surface area contributed by atoms with Crippen LogP contribution in [0.4, 0.5) is 13.2 Å². The van der Waals surface area contributed by atoms with Crippen molar-refractivity contribution in [1.82, 2.24) is 0 Å². The molecule has 0 radical (unpaired) electrons. The molecule has 0 amide bonds. The van der Waals surface area contributed by atoms with Gasteiger partial charge in [-0.05, 0) is 18.6 Å². The third kappa shape index (κ3) is 3.46. The normalized spacial score (nSPS) is 23.7. The van der Waals surface area contributed by atoms with Gasteiger partial charge in [0.15, 0.2) is 0 Å². The van der Waals surface area contributed by atoms with Crippen LogP contribution in [0.25, 0.3) is 0 Å². The summed E-state index contributed by atoms with van der Waals surface area (Å²) in [5.74, 6) is -0.115. The van der Waals surface area contributed by atoms with Gasteiger partial charge in [-0.15, -0.1) is 13.2 Å². The highest BCUT2D eigenvalue weighted by molar-refractivity contribution is 14.1. The zero-order chi connectivity index (χ0) is 9.19. The van der Waals surface area contributed by atoms with Gasteiger partial charge in [-0.3, -0.25) is 0 Å². The van der Waals surface area contributed by atoms with Crippen LogP contribution >= 0.6 is 22.6 Å². The van der Waals surface area contributed by atoms with Crippen LogP contribution in [-0.2, 0) is 4.74 Å². The molecule has 0 aromatic rings. The van der Waals surface area contributed by atoms with Crippen LogP contribution in [-0.4, -0.2) is 10.3 Å². The molecule has 1 aliphatic rings. The Morgan fingerprint density at radius 3 is 2.58 bits per heavy atom. The fourth-order valence-corrected chi connectivity index (χ4v) is 1.25. The fourth-order valence-electron chi connectivity index (χ4n) is 0.784. The number of halogens is 4. The quantitative estimate of drug-likeness (QED) is 0.532. The first-order chi connectivity index (χ1) is 5.47. The van der Waals surface area contributed by atoms with Crippen LogP contribution in [0, 0.1) is 0 Å². The molecular weight excluding hydrogens is 284 g/mol. The molecule has 0 saturated heterocycles. The van der Waals surface area contributed by atoms with Crippen molar-refractivity contribution >= 4 is 22.6 Å². The minimum Gasteiger partial charge on any atom is -0.406 e. The van der Waals surface area contributed by atoms with E-state index in [0.717, 1.165) is 0 Å². The van der Waals surface area contributed by atoms with Crippen molar-refractivity contribution in [3.05, 3.63) is 24.0 Å². The van der Waals surface area contributed by atoms with Crippen molar-refractivity contribution in [1.29, 1.82) is 0 Å². The Labute approximate surface area is 81.4 Å². The van der Waals surface area contributed by atoms with E-state index in [-0.39, 0.29) is 9.68 Å². The first-order valence-corrected chi connectivity index (χ1v) is 4.50. The molecule has 0 aromatic heterocycles. The molecule has 0 bridgehead atoms. The van der Waals surface area contributed by atoms with Gasteiger partial charge in [-0.25, -0.2) is 0 Å². The summed E-state index contributed by atoms with van der Waals surface area (Å²) in [6.45, 7) is 0. The predicted molar refractivity (Wildman–Crippen MR) is 46.8 cm³/mol. The average Bonchev–Trinajstić information content (AvgIpc) is 1.91. The maximum absolute atomic E-state index is 11.6. The molecule has 1 unspecified atom stereocenters. The molecule has 0 N–H and O–H groups in total. The lowest BCUT2D eigenvalue weighted by atomic mass is 10.2. The van der Waals surface area contributed by atoms with Crippen molar-refractivity contribution in [3.63, 3.8) is 0 Å². The van der Waals surface area contributed by atoms with Crippen LogP contribution in [0.2, 0.25) is 0 Å². The first-order valence-electron chi connectivity index (χ1n) is 3.25. The Morgan fingerprint density at radius 2 is 2.17 bits per heavy atom. The summed E-state index contributed by atoms with van der Waals surface area (Å²) in [5.41, 5.74) is 0. The minimum atomic E-state index is -4.58. The molecule has 1 nitrogen and oxygen atoms in total. The van der Waals surface area contributed by atoms with Gasteiger partial charge in [0.2, 0.25) is 0 Å². The third-order valence-corrected chi connectivity index (χ3v) is 2.17. The number of alkyl halides is 4. The molecule has 1 rings (SSSR count). The maximum atomic E-state index is 11.6. The van der Waals surface area contributed by atoms with Crippen LogP contribution < -0.4 is 0 Å². The lowest BCUT2D eigenvalue weighted by Crippen LogP contribution is -2.13. The molecule has 1 aliphatic carbocycles. The van der Waals surface area contributed by atoms with Crippen LogP contribution in [0.1, 0.15) is 6.42 Å². The molecular formula is C7H6F3IO. The second kappa shape index (κ2) is 3.68. The Balaban J connectivity index is 2.51. The van der Waals surface area contributed by atoms with Crippen molar-refractivity contribution in [3.8, 4) is 0 Å². The number of allylic oxidation sites excluding steroid dienone is 3. The molecule has 68 valence electrons. The Bertz CT molecular complexity index is 219. The van der Waals surface area contributed by atoms with Crippen LogP contribution in [0.5, 0.6) is 0 Å². The molecule has 5 heteroatoms. The van der Waals surface area contributed by atoms with E-state index in [1.165, 1.54) is 12.2 Å². The third-order valence-electron chi connectivity index (χ3n) is 1.25. The summed E-state index contributed by atoms with van der Waals surface area (Å²) in [7, 11) is 0. The van der Waals surface area contributed by atoms with E-state index in [1.54, 1.807) is 6.08 Å². The summed E-state index contributed by atoms with van der Waals surface area (Å²) >= 11 is 2.14. The lowest BCUT2D eigenvalue weighted by Gasteiger charge is -2.13. The van der Waals surface area contributed by atoms with Crippen molar-refractivity contribution in [2.45, 2.75) is 16.7 Å². The van der Waals surface area contributed by atoms with Crippen LogP contribution in [0.15, 0.2) is 24.0 Å². The number of hydrogen-bond acceptors (Lipinski definition) is 1. The summed E-state index contributed by atoms with van der Waals surface area (Å²) in [6, 6.07) is 0. The van der Waals surface area contributed by atoms with Gasteiger partial charge in [-0.1, -0.05) is 28.7 Å².